The maximum atomic E-state index is 12.2. The SMILES string of the molecule is CC(NC(=O)C(C)(N)C1CC1)c1cccc(Br)c1. The van der Waals surface area contributed by atoms with Crippen molar-refractivity contribution in [2.45, 2.75) is 38.3 Å². The molecule has 18 heavy (non-hydrogen) atoms. The van der Waals surface area contributed by atoms with E-state index < -0.39 is 5.54 Å². The lowest BCUT2D eigenvalue weighted by molar-refractivity contribution is -0.127. The molecular formula is C14H19BrN2O. The zero-order valence-electron chi connectivity index (χ0n) is 10.7. The third-order valence-corrected chi connectivity index (χ3v) is 4.10. The Morgan fingerprint density at radius 1 is 1.56 bits per heavy atom. The van der Waals surface area contributed by atoms with E-state index in [4.69, 9.17) is 5.73 Å². The fourth-order valence-corrected chi connectivity index (χ4v) is 2.50. The molecule has 1 amide bonds. The minimum Gasteiger partial charge on any atom is -0.348 e. The van der Waals surface area contributed by atoms with Crippen molar-refractivity contribution >= 4 is 21.8 Å². The highest BCUT2D eigenvalue weighted by Gasteiger charge is 2.44. The van der Waals surface area contributed by atoms with Crippen LogP contribution in [0.2, 0.25) is 0 Å². The lowest BCUT2D eigenvalue weighted by atomic mass is 9.95. The van der Waals surface area contributed by atoms with Gasteiger partial charge in [0.25, 0.3) is 0 Å². The zero-order valence-corrected chi connectivity index (χ0v) is 12.3. The summed E-state index contributed by atoms with van der Waals surface area (Å²) in [6.45, 7) is 3.80. The number of nitrogens with two attached hydrogens (primary N) is 1. The quantitative estimate of drug-likeness (QED) is 0.898. The van der Waals surface area contributed by atoms with E-state index in [1.54, 1.807) is 0 Å². The molecule has 0 bridgehead atoms. The molecule has 1 saturated carbocycles. The molecule has 0 heterocycles. The molecule has 0 aliphatic heterocycles. The van der Waals surface area contributed by atoms with Gasteiger partial charge in [0.1, 0.15) is 0 Å². The van der Waals surface area contributed by atoms with E-state index in [1.165, 1.54) is 0 Å². The second-order valence-corrected chi connectivity index (χ2v) is 6.22. The molecule has 1 aromatic rings. The lowest BCUT2D eigenvalue weighted by Crippen LogP contribution is -2.53. The molecule has 2 unspecified atom stereocenters. The summed E-state index contributed by atoms with van der Waals surface area (Å²) in [6.07, 6.45) is 2.12. The second kappa shape index (κ2) is 5.02. The molecule has 1 fully saturated rings. The van der Waals surface area contributed by atoms with Crippen molar-refractivity contribution in [3.63, 3.8) is 0 Å². The predicted octanol–water partition coefficient (Wildman–Crippen LogP) is 2.75. The van der Waals surface area contributed by atoms with Crippen LogP contribution in [0.25, 0.3) is 0 Å². The van der Waals surface area contributed by atoms with Crippen molar-refractivity contribution in [1.82, 2.24) is 5.32 Å². The van der Waals surface area contributed by atoms with Crippen LogP contribution in [0, 0.1) is 5.92 Å². The molecular weight excluding hydrogens is 292 g/mol. The first-order chi connectivity index (χ1) is 8.41. The predicted molar refractivity (Wildman–Crippen MR) is 76.0 cm³/mol. The Morgan fingerprint density at radius 3 is 2.78 bits per heavy atom. The molecule has 0 spiro atoms. The van der Waals surface area contributed by atoms with Crippen LogP contribution in [-0.4, -0.2) is 11.4 Å². The molecule has 3 nitrogen and oxygen atoms in total. The summed E-state index contributed by atoms with van der Waals surface area (Å²) in [6, 6.07) is 7.91. The smallest absolute Gasteiger partial charge is 0.240 e. The largest absolute Gasteiger partial charge is 0.348 e. The van der Waals surface area contributed by atoms with Crippen molar-refractivity contribution in [2.75, 3.05) is 0 Å². The Hall–Kier alpha value is -0.870. The first-order valence-electron chi connectivity index (χ1n) is 6.26. The van der Waals surface area contributed by atoms with Gasteiger partial charge in [0.2, 0.25) is 5.91 Å². The van der Waals surface area contributed by atoms with Crippen molar-refractivity contribution in [1.29, 1.82) is 0 Å². The molecule has 1 aliphatic carbocycles. The first-order valence-corrected chi connectivity index (χ1v) is 7.06. The van der Waals surface area contributed by atoms with Crippen LogP contribution in [0.1, 0.15) is 38.3 Å². The van der Waals surface area contributed by atoms with Gasteiger partial charge in [0.15, 0.2) is 0 Å². The van der Waals surface area contributed by atoms with E-state index >= 15 is 0 Å². The fourth-order valence-electron chi connectivity index (χ4n) is 2.08. The van der Waals surface area contributed by atoms with Crippen LogP contribution >= 0.6 is 15.9 Å². The number of carbonyl (C=O) groups excluding carboxylic acids is 1. The number of carbonyl (C=O) groups is 1. The molecule has 2 atom stereocenters. The normalized spacial score (nSPS) is 20.0. The van der Waals surface area contributed by atoms with Gasteiger partial charge >= 0.3 is 0 Å². The van der Waals surface area contributed by atoms with Gasteiger partial charge in [0, 0.05) is 4.47 Å². The Kier molecular flexibility index (Phi) is 3.78. The van der Waals surface area contributed by atoms with Gasteiger partial charge in [-0.2, -0.15) is 0 Å². The molecule has 98 valence electrons. The van der Waals surface area contributed by atoms with E-state index in [9.17, 15) is 4.79 Å². The molecule has 1 aliphatic rings. The van der Waals surface area contributed by atoms with Gasteiger partial charge in [0.05, 0.1) is 11.6 Å². The zero-order chi connectivity index (χ0) is 13.3. The highest BCUT2D eigenvalue weighted by Crippen LogP contribution is 2.38. The number of benzene rings is 1. The summed E-state index contributed by atoms with van der Waals surface area (Å²) in [5.41, 5.74) is 6.44. The number of rotatable bonds is 4. The summed E-state index contributed by atoms with van der Waals surface area (Å²) < 4.78 is 1.01. The topological polar surface area (TPSA) is 55.1 Å². The maximum absolute atomic E-state index is 12.2. The highest BCUT2D eigenvalue weighted by molar-refractivity contribution is 9.10. The Bertz CT molecular complexity index is 455. The lowest BCUT2D eigenvalue weighted by Gasteiger charge is -2.26. The van der Waals surface area contributed by atoms with Crippen molar-refractivity contribution < 1.29 is 4.79 Å². The third kappa shape index (κ3) is 2.93. The van der Waals surface area contributed by atoms with Crippen LogP contribution in [0.3, 0.4) is 0 Å². The number of amides is 1. The van der Waals surface area contributed by atoms with Gasteiger partial charge in [-0.15, -0.1) is 0 Å². The fraction of sp³-hybridized carbons (Fsp3) is 0.500. The van der Waals surface area contributed by atoms with Gasteiger partial charge in [-0.1, -0.05) is 28.1 Å². The van der Waals surface area contributed by atoms with Crippen LogP contribution in [0.15, 0.2) is 28.7 Å². The minimum atomic E-state index is -0.736. The van der Waals surface area contributed by atoms with Gasteiger partial charge < -0.3 is 11.1 Å². The molecule has 1 aromatic carbocycles. The number of nitrogens with one attached hydrogen (secondary N) is 1. The Morgan fingerprint density at radius 2 is 2.22 bits per heavy atom. The number of hydrogen-bond acceptors (Lipinski definition) is 2. The van der Waals surface area contributed by atoms with E-state index in [-0.39, 0.29) is 11.9 Å². The van der Waals surface area contributed by atoms with Crippen LogP contribution in [0.5, 0.6) is 0 Å². The summed E-state index contributed by atoms with van der Waals surface area (Å²) in [5, 5.41) is 3.00. The first kappa shape index (κ1) is 13.6. The van der Waals surface area contributed by atoms with E-state index in [2.05, 4.69) is 21.2 Å². The van der Waals surface area contributed by atoms with Crippen molar-refractivity contribution in [3.05, 3.63) is 34.3 Å². The van der Waals surface area contributed by atoms with Crippen LogP contribution in [0.4, 0.5) is 0 Å². The second-order valence-electron chi connectivity index (χ2n) is 5.31. The summed E-state index contributed by atoms with van der Waals surface area (Å²) in [7, 11) is 0. The van der Waals surface area contributed by atoms with Gasteiger partial charge in [-0.25, -0.2) is 0 Å². The molecule has 3 N–H and O–H groups in total. The van der Waals surface area contributed by atoms with Crippen LogP contribution in [-0.2, 0) is 4.79 Å². The summed E-state index contributed by atoms with van der Waals surface area (Å²) >= 11 is 3.43. The van der Waals surface area contributed by atoms with Crippen LogP contribution < -0.4 is 11.1 Å². The summed E-state index contributed by atoms with van der Waals surface area (Å²) in [5.74, 6) is 0.282. The Balaban J connectivity index is 2.03. The molecule has 2 rings (SSSR count). The summed E-state index contributed by atoms with van der Waals surface area (Å²) in [4.78, 5) is 12.2. The van der Waals surface area contributed by atoms with Crippen molar-refractivity contribution in [2.24, 2.45) is 11.7 Å². The molecule has 0 aromatic heterocycles. The number of hydrogen-bond donors (Lipinski definition) is 2. The monoisotopic (exact) mass is 310 g/mol. The minimum absolute atomic E-state index is 0.0309. The molecule has 4 heteroatoms. The van der Waals surface area contributed by atoms with Gasteiger partial charge in [-0.05, 0) is 50.3 Å². The highest BCUT2D eigenvalue weighted by atomic mass is 79.9. The maximum Gasteiger partial charge on any atom is 0.240 e. The standard InChI is InChI=1S/C14H19BrN2O/c1-9(10-4-3-5-12(15)8-10)17-13(18)14(2,16)11-6-7-11/h3-5,8-9,11H,6-7,16H2,1-2H3,(H,17,18). The van der Waals surface area contributed by atoms with E-state index in [0.29, 0.717) is 5.92 Å². The van der Waals surface area contributed by atoms with E-state index in [1.807, 2.05) is 38.1 Å². The van der Waals surface area contributed by atoms with Gasteiger partial charge in [-0.3, -0.25) is 4.79 Å². The molecule has 0 saturated heterocycles. The van der Waals surface area contributed by atoms with Crippen molar-refractivity contribution in [3.8, 4) is 0 Å². The average Bonchev–Trinajstić information content (AvgIpc) is 3.12. The van der Waals surface area contributed by atoms with E-state index in [0.717, 1.165) is 22.9 Å². The third-order valence-electron chi connectivity index (χ3n) is 3.61. The average molecular weight is 311 g/mol. The Labute approximate surface area is 116 Å². The number of halogens is 1. The molecule has 0 radical (unpaired) electrons.